The van der Waals surface area contributed by atoms with Crippen LogP contribution in [0.2, 0.25) is 5.02 Å². The molecule has 0 aliphatic carbocycles. The zero-order chi connectivity index (χ0) is 23.0. The summed E-state index contributed by atoms with van der Waals surface area (Å²) in [7, 11) is -3.21. The fraction of sp³-hybridized carbons (Fsp3) is 0.200. The van der Waals surface area contributed by atoms with Crippen LogP contribution in [0.5, 0.6) is 0 Å². The van der Waals surface area contributed by atoms with Crippen LogP contribution in [0.3, 0.4) is 0 Å². The van der Waals surface area contributed by atoms with Gasteiger partial charge in [0.25, 0.3) is 0 Å². The summed E-state index contributed by atoms with van der Waals surface area (Å²) >= 11 is 6.53. The largest absolute Gasteiger partial charge is 0.338 e. The second-order valence-electron chi connectivity index (χ2n) is 8.24. The van der Waals surface area contributed by atoms with Crippen molar-refractivity contribution in [2.75, 3.05) is 12.8 Å². The minimum absolute atomic E-state index is 0.393. The number of aromatic amines is 1. The van der Waals surface area contributed by atoms with Gasteiger partial charge < -0.3 is 4.98 Å². The van der Waals surface area contributed by atoms with Crippen LogP contribution in [0.4, 0.5) is 0 Å². The predicted molar refractivity (Wildman–Crippen MR) is 130 cm³/mol. The molecule has 0 radical (unpaired) electrons. The molecular weight excluding hydrogens is 456 g/mol. The van der Waals surface area contributed by atoms with E-state index in [1.165, 1.54) is 10.6 Å². The summed E-state index contributed by atoms with van der Waals surface area (Å²) in [5.41, 5.74) is 7.02. The van der Waals surface area contributed by atoms with E-state index in [0.717, 1.165) is 39.2 Å². The molecule has 2 aromatic carbocycles. The Hall–Kier alpha value is -3.00. The number of nitrogens with zero attached hydrogens (tertiary/aromatic N) is 3. The molecule has 4 aromatic rings. The van der Waals surface area contributed by atoms with Gasteiger partial charge in [-0.25, -0.2) is 13.4 Å². The molecule has 1 aliphatic heterocycles. The van der Waals surface area contributed by atoms with Gasteiger partial charge in [-0.3, -0.25) is 4.98 Å². The lowest BCUT2D eigenvalue weighted by atomic mass is 9.95. The van der Waals surface area contributed by atoms with Crippen molar-refractivity contribution in [2.45, 2.75) is 19.4 Å². The number of hydrogen-bond donors (Lipinski definition) is 1. The topological polar surface area (TPSA) is 79.0 Å². The van der Waals surface area contributed by atoms with E-state index < -0.39 is 10.0 Å². The van der Waals surface area contributed by atoms with E-state index in [1.54, 1.807) is 6.20 Å². The molecule has 0 saturated carbocycles. The Morgan fingerprint density at radius 2 is 1.91 bits per heavy atom. The van der Waals surface area contributed by atoms with E-state index in [0.29, 0.717) is 36.8 Å². The van der Waals surface area contributed by atoms with E-state index in [4.69, 9.17) is 11.6 Å². The standard InChI is InChI=1S/C25H23ClN4O2S/c1-33(31,32)30-12-10-20-19(16-30)9-11-27-23(20)14-17-7-8-22(26)21(13-17)25-28-15-24(29-25)18-5-3-2-4-6-18/h2-9,11,13,15H,10,12,14,16H2,1H3,(H,28,29). The Bertz CT molecular complexity index is 1420. The minimum atomic E-state index is -3.21. The quantitative estimate of drug-likeness (QED) is 0.451. The molecule has 2 aromatic heterocycles. The Morgan fingerprint density at radius 1 is 1.09 bits per heavy atom. The van der Waals surface area contributed by atoms with E-state index in [1.807, 2.05) is 60.8 Å². The number of H-pyrrole nitrogens is 1. The molecule has 0 spiro atoms. The van der Waals surface area contributed by atoms with Gasteiger partial charge in [-0.2, -0.15) is 4.31 Å². The van der Waals surface area contributed by atoms with Crippen LogP contribution in [0.15, 0.2) is 67.0 Å². The van der Waals surface area contributed by atoms with Crippen LogP contribution in [0, 0.1) is 0 Å². The van der Waals surface area contributed by atoms with Crippen LogP contribution < -0.4 is 0 Å². The van der Waals surface area contributed by atoms with Crippen molar-refractivity contribution >= 4 is 21.6 Å². The van der Waals surface area contributed by atoms with Crippen LogP contribution in [-0.2, 0) is 29.4 Å². The first kappa shape index (κ1) is 21.8. The molecule has 5 rings (SSSR count). The lowest BCUT2D eigenvalue weighted by molar-refractivity contribution is 0.393. The summed E-state index contributed by atoms with van der Waals surface area (Å²) in [6.07, 6.45) is 6.13. The second-order valence-corrected chi connectivity index (χ2v) is 10.6. The highest BCUT2D eigenvalue weighted by atomic mass is 35.5. The first-order valence-electron chi connectivity index (χ1n) is 10.7. The molecular formula is C25H23ClN4O2S. The zero-order valence-electron chi connectivity index (χ0n) is 18.1. The zero-order valence-corrected chi connectivity index (χ0v) is 19.7. The smallest absolute Gasteiger partial charge is 0.211 e. The van der Waals surface area contributed by atoms with E-state index in [2.05, 4.69) is 15.0 Å². The maximum absolute atomic E-state index is 12.0. The number of benzene rings is 2. The van der Waals surface area contributed by atoms with Crippen LogP contribution in [0.1, 0.15) is 22.4 Å². The SMILES string of the molecule is CS(=O)(=O)N1CCc2c(ccnc2Cc2ccc(Cl)c(-c3ncc(-c4ccccc4)[nH]3)c2)C1. The number of rotatable bonds is 5. The molecule has 0 atom stereocenters. The Balaban J connectivity index is 1.43. The van der Waals surface area contributed by atoms with Crippen molar-refractivity contribution in [1.82, 2.24) is 19.3 Å². The van der Waals surface area contributed by atoms with Gasteiger partial charge >= 0.3 is 0 Å². The summed E-state index contributed by atoms with van der Waals surface area (Å²) in [5.74, 6) is 0.715. The van der Waals surface area contributed by atoms with Gasteiger partial charge in [-0.05, 0) is 46.9 Å². The maximum atomic E-state index is 12.0. The third-order valence-electron chi connectivity index (χ3n) is 5.99. The van der Waals surface area contributed by atoms with Crippen molar-refractivity contribution in [3.05, 3.63) is 94.4 Å². The summed E-state index contributed by atoms with van der Waals surface area (Å²) in [6, 6.07) is 17.9. The highest BCUT2D eigenvalue weighted by Gasteiger charge is 2.25. The first-order valence-corrected chi connectivity index (χ1v) is 12.9. The third-order valence-corrected chi connectivity index (χ3v) is 7.57. The summed E-state index contributed by atoms with van der Waals surface area (Å²) < 4.78 is 25.4. The Labute approximate surface area is 198 Å². The highest BCUT2D eigenvalue weighted by Crippen LogP contribution is 2.30. The van der Waals surface area contributed by atoms with Gasteiger partial charge in [0.2, 0.25) is 10.0 Å². The summed E-state index contributed by atoms with van der Waals surface area (Å²) in [4.78, 5) is 12.5. The van der Waals surface area contributed by atoms with E-state index >= 15 is 0 Å². The lowest BCUT2D eigenvalue weighted by Crippen LogP contribution is -2.35. The number of nitrogens with one attached hydrogen (secondary N) is 1. The number of halogens is 1. The van der Waals surface area contributed by atoms with Crippen LogP contribution in [0.25, 0.3) is 22.6 Å². The average molecular weight is 479 g/mol. The summed E-state index contributed by atoms with van der Waals surface area (Å²) in [6.45, 7) is 0.870. The molecule has 3 heterocycles. The van der Waals surface area contributed by atoms with Gasteiger partial charge in [-0.15, -0.1) is 0 Å². The van der Waals surface area contributed by atoms with Crippen molar-refractivity contribution < 1.29 is 8.42 Å². The van der Waals surface area contributed by atoms with Crippen molar-refractivity contribution in [3.8, 4) is 22.6 Å². The number of imidazole rings is 1. The highest BCUT2D eigenvalue weighted by molar-refractivity contribution is 7.88. The second kappa shape index (κ2) is 8.74. The minimum Gasteiger partial charge on any atom is -0.338 e. The molecule has 1 N–H and O–H groups in total. The Morgan fingerprint density at radius 3 is 2.70 bits per heavy atom. The van der Waals surface area contributed by atoms with Crippen molar-refractivity contribution in [2.24, 2.45) is 0 Å². The van der Waals surface area contributed by atoms with Crippen molar-refractivity contribution in [1.29, 1.82) is 0 Å². The van der Waals surface area contributed by atoms with E-state index in [9.17, 15) is 8.42 Å². The monoisotopic (exact) mass is 478 g/mol. The number of aromatic nitrogens is 3. The van der Waals surface area contributed by atoms with Gasteiger partial charge in [0.1, 0.15) is 5.82 Å². The molecule has 0 unspecified atom stereocenters. The average Bonchev–Trinajstić information content (AvgIpc) is 3.30. The summed E-state index contributed by atoms with van der Waals surface area (Å²) in [5, 5.41) is 0.625. The molecule has 8 heteroatoms. The van der Waals surface area contributed by atoms with Gasteiger partial charge in [0, 0.05) is 37.0 Å². The number of sulfonamides is 1. The Kier molecular flexibility index (Phi) is 5.78. The molecule has 1 aliphatic rings. The number of fused-ring (bicyclic) bond motifs is 1. The molecule has 0 amide bonds. The molecule has 33 heavy (non-hydrogen) atoms. The van der Waals surface area contributed by atoms with Crippen molar-refractivity contribution in [3.63, 3.8) is 0 Å². The number of hydrogen-bond acceptors (Lipinski definition) is 4. The molecule has 0 bridgehead atoms. The van der Waals surface area contributed by atoms with Gasteiger partial charge in [-0.1, -0.05) is 48.0 Å². The third kappa shape index (κ3) is 4.57. The lowest BCUT2D eigenvalue weighted by Gasteiger charge is -2.27. The van der Waals surface area contributed by atoms with Gasteiger partial charge in [0.15, 0.2) is 0 Å². The normalized spacial score (nSPS) is 14.2. The fourth-order valence-corrected chi connectivity index (χ4v) is 5.26. The van der Waals surface area contributed by atoms with Crippen LogP contribution >= 0.6 is 11.6 Å². The van der Waals surface area contributed by atoms with Crippen LogP contribution in [-0.4, -0.2) is 40.5 Å². The maximum Gasteiger partial charge on any atom is 0.211 e. The first-order chi connectivity index (χ1) is 15.9. The fourth-order valence-electron chi connectivity index (χ4n) is 4.25. The van der Waals surface area contributed by atoms with Gasteiger partial charge in [0.05, 0.1) is 23.2 Å². The molecule has 6 nitrogen and oxygen atoms in total. The molecule has 168 valence electrons. The molecule has 0 saturated heterocycles. The van der Waals surface area contributed by atoms with E-state index in [-0.39, 0.29) is 0 Å². The number of pyridine rings is 1. The predicted octanol–water partition coefficient (Wildman–Crippen LogP) is 4.70. The molecule has 0 fully saturated rings.